The van der Waals surface area contributed by atoms with Crippen LogP contribution in [0, 0.1) is 5.92 Å². The maximum absolute atomic E-state index is 13.2. The van der Waals surface area contributed by atoms with Crippen molar-refractivity contribution in [1.82, 2.24) is 20.9 Å². The third-order valence-electron chi connectivity index (χ3n) is 6.35. The van der Waals surface area contributed by atoms with Crippen LogP contribution in [-0.2, 0) is 30.4 Å². The van der Waals surface area contributed by atoms with E-state index in [1.807, 2.05) is 31.2 Å². The molecule has 5 atom stereocenters. The van der Waals surface area contributed by atoms with Gasteiger partial charge in [-0.25, -0.2) is 4.79 Å². The van der Waals surface area contributed by atoms with Gasteiger partial charge in [0.2, 0.25) is 23.6 Å². The Kier molecular flexibility index (Phi) is 11.6. The molecule has 208 valence electrons. The second-order valence-electron chi connectivity index (χ2n) is 9.19. The first-order valence-electron chi connectivity index (χ1n) is 12.3. The molecule has 1 heterocycles. The van der Waals surface area contributed by atoms with Crippen LogP contribution in [0.1, 0.15) is 38.7 Å². The normalized spacial score (nSPS) is 15.1. The zero-order valence-electron chi connectivity index (χ0n) is 21.4. The molecule has 0 saturated heterocycles. The number of nitrogens with two attached hydrogens (primary N) is 2. The number of hydrogen-bond donors (Lipinski definition) is 8. The van der Waals surface area contributed by atoms with Crippen LogP contribution in [0.4, 0.5) is 0 Å². The predicted octanol–water partition coefficient (Wildman–Crippen LogP) is -0.182. The Bertz CT molecular complexity index is 1150. The number of thiol groups is 1. The van der Waals surface area contributed by atoms with E-state index in [2.05, 4.69) is 33.6 Å². The number of primary amides is 1. The van der Waals surface area contributed by atoms with Crippen LogP contribution >= 0.6 is 12.6 Å². The number of amides is 4. The number of nitrogens with one attached hydrogen (secondary N) is 4. The molecule has 9 N–H and O–H groups in total. The Morgan fingerprint density at radius 2 is 1.68 bits per heavy atom. The van der Waals surface area contributed by atoms with E-state index >= 15 is 0 Å². The molecule has 0 saturated carbocycles. The third-order valence-corrected chi connectivity index (χ3v) is 6.75. The van der Waals surface area contributed by atoms with Gasteiger partial charge >= 0.3 is 5.97 Å². The predicted molar refractivity (Wildman–Crippen MR) is 145 cm³/mol. The number of para-hydroxylation sites is 1. The first-order chi connectivity index (χ1) is 18.0. The first kappa shape index (κ1) is 30.6. The smallest absolute Gasteiger partial charge is 0.326 e. The van der Waals surface area contributed by atoms with Gasteiger partial charge in [0.25, 0.3) is 0 Å². The van der Waals surface area contributed by atoms with Crippen molar-refractivity contribution in [2.45, 2.75) is 63.7 Å². The number of hydrogen-bond acceptors (Lipinski definition) is 7. The zero-order chi connectivity index (χ0) is 28.4. The molecule has 13 heteroatoms. The van der Waals surface area contributed by atoms with E-state index in [9.17, 15) is 29.1 Å². The van der Waals surface area contributed by atoms with Crippen LogP contribution in [0.5, 0.6) is 0 Å². The SMILES string of the molecule is CCC(C)C(NC(=O)C(N)CS)C(=O)NC(CCC(N)=O)C(=O)NC(Cc1c[nH]c2ccccc12)C(=O)O. The summed E-state index contributed by atoms with van der Waals surface area (Å²) in [7, 11) is 0. The van der Waals surface area contributed by atoms with E-state index in [-0.39, 0.29) is 30.9 Å². The van der Waals surface area contributed by atoms with E-state index in [1.54, 1.807) is 13.1 Å². The van der Waals surface area contributed by atoms with Crippen molar-refractivity contribution in [2.75, 3.05) is 5.75 Å². The molecule has 1 aromatic carbocycles. The van der Waals surface area contributed by atoms with Gasteiger partial charge in [0.15, 0.2) is 0 Å². The highest BCUT2D eigenvalue weighted by Crippen LogP contribution is 2.19. The molecule has 0 aliphatic rings. The van der Waals surface area contributed by atoms with Crippen LogP contribution in [0.2, 0.25) is 0 Å². The highest BCUT2D eigenvalue weighted by atomic mass is 32.1. The number of fused-ring (bicyclic) bond motifs is 1. The summed E-state index contributed by atoms with van der Waals surface area (Å²) in [5.74, 6) is -4.27. The van der Waals surface area contributed by atoms with Crippen LogP contribution < -0.4 is 27.4 Å². The summed E-state index contributed by atoms with van der Waals surface area (Å²) in [5, 5.41) is 18.2. The zero-order valence-corrected chi connectivity index (χ0v) is 22.3. The van der Waals surface area contributed by atoms with Crippen molar-refractivity contribution in [1.29, 1.82) is 0 Å². The molecular weight excluding hydrogens is 512 g/mol. The molecule has 4 amide bonds. The molecule has 0 aliphatic carbocycles. The monoisotopic (exact) mass is 548 g/mol. The van der Waals surface area contributed by atoms with Crippen LogP contribution in [0.3, 0.4) is 0 Å². The molecular formula is C25H36N6O6S. The number of carboxylic acid groups (broad SMARTS) is 1. The molecule has 0 fully saturated rings. The van der Waals surface area contributed by atoms with Gasteiger partial charge in [-0.3, -0.25) is 19.2 Å². The average molecular weight is 549 g/mol. The van der Waals surface area contributed by atoms with Gasteiger partial charge in [0, 0.05) is 35.7 Å². The lowest BCUT2D eigenvalue weighted by molar-refractivity contribution is -0.142. The van der Waals surface area contributed by atoms with Crippen molar-refractivity contribution in [3.63, 3.8) is 0 Å². The minimum atomic E-state index is -1.31. The largest absolute Gasteiger partial charge is 0.480 e. The van der Waals surface area contributed by atoms with Crippen molar-refractivity contribution >= 4 is 53.1 Å². The fraction of sp³-hybridized carbons (Fsp3) is 0.480. The maximum atomic E-state index is 13.2. The van der Waals surface area contributed by atoms with Gasteiger partial charge < -0.3 is 37.5 Å². The van der Waals surface area contributed by atoms with Crippen LogP contribution in [0.25, 0.3) is 10.9 Å². The van der Waals surface area contributed by atoms with Gasteiger partial charge in [-0.1, -0.05) is 38.5 Å². The van der Waals surface area contributed by atoms with E-state index in [0.29, 0.717) is 12.0 Å². The van der Waals surface area contributed by atoms with Gasteiger partial charge in [-0.15, -0.1) is 0 Å². The fourth-order valence-electron chi connectivity index (χ4n) is 3.85. The minimum absolute atomic E-state index is 0.0191. The number of carbonyl (C=O) groups is 5. The highest BCUT2D eigenvalue weighted by molar-refractivity contribution is 7.80. The van der Waals surface area contributed by atoms with E-state index < -0.39 is 53.8 Å². The van der Waals surface area contributed by atoms with Crippen molar-refractivity contribution in [2.24, 2.45) is 17.4 Å². The number of aromatic amines is 1. The van der Waals surface area contributed by atoms with Crippen LogP contribution in [-0.4, -0.2) is 69.6 Å². The molecule has 0 spiro atoms. The van der Waals surface area contributed by atoms with Gasteiger partial charge in [-0.05, 0) is 24.0 Å². The quantitative estimate of drug-likeness (QED) is 0.141. The standard InChI is InChI=1S/C25H36N6O6S/c1-3-13(2)21(31-22(33)16(26)12-38)24(35)29-18(8-9-20(27)32)23(34)30-19(25(36)37)10-14-11-28-17-7-5-4-6-15(14)17/h4-7,11,13,16,18-19,21,28,38H,3,8-10,12,26H2,1-2H3,(H2,27,32)(H,29,35)(H,30,34)(H,31,33)(H,36,37). The number of carboxylic acids is 1. The van der Waals surface area contributed by atoms with Crippen molar-refractivity contribution < 1.29 is 29.1 Å². The number of aliphatic carboxylic acids is 1. The number of aromatic nitrogens is 1. The van der Waals surface area contributed by atoms with Gasteiger partial charge in [-0.2, -0.15) is 12.6 Å². The second kappa shape index (κ2) is 14.4. The number of H-pyrrole nitrogens is 1. The van der Waals surface area contributed by atoms with E-state index in [1.165, 1.54) is 0 Å². The number of rotatable bonds is 15. The molecule has 0 radical (unpaired) electrons. The van der Waals surface area contributed by atoms with E-state index in [4.69, 9.17) is 11.5 Å². The third kappa shape index (κ3) is 8.48. The number of benzene rings is 1. The van der Waals surface area contributed by atoms with Crippen molar-refractivity contribution in [3.05, 3.63) is 36.0 Å². The summed E-state index contributed by atoms with van der Waals surface area (Å²) in [4.78, 5) is 65.2. The first-order valence-corrected chi connectivity index (χ1v) is 12.9. The Hall–Kier alpha value is -3.58. The molecule has 38 heavy (non-hydrogen) atoms. The summed E-state index contributed by atoms with van der Waals surface area (Å²) >= 11 is 4.00. The Morgan fingerprint density at radius 1 is 1.03 bits per heavy atom. The lowest BCUT2D eigenvalue weighted by Gasteiger charge is -2.27. The molecule has 5 unspecified atom stereocenters. The molecule has 0 aliphatic heterocycles. The summed E-state index contributed by atoms with van der Waals surface area (Å²) in [6.45, 7) is 3.58. The lowest BCUT2D eigenvalue weighted by atomic mass is 9.97. The fourth-order valence-corrected chi connectivity index (χ4v) is 4.02. The average Bonchev–Trinajstić information content (AvgIpc) is 3.30. The van der Waals surface area contributed by atoms with E-state index in [0.717, 1.165) is 10.9 Å². The summed E-state index contributed by atoms with van der Waals surface area (Å²) in [6.07, 6.45) is 1.79. The lowest BCUT2D eigenvalue weighted by Crippen LogP contribution is -2.59. The van der Waals surface area contributed by atoms with Gasteiger partial charge in [0.1, 0.15) is 18.1 Å². The number of carbonyl (C=O) groups excluding carboxylic acids is 4. The Balaban J connectivity index is 2.22. The molecule has 2 rings (SSSR count). The van der Waals surface area contributed by atoms with Crippen molar-refractivity contribution in [3.8, 4) is 0 Å². The summed E-state index contributed by atoms with van der Waals surface area (Å²) < 4.78 is 0. The topological polar surface area (TPSA) is 209 Å². The highest BCUT2D eigenvalue weighted by Gasteiger charge is 2.32. The summed E-state index contributed by atoms with van der Waals surface area (Å²) in [5.41, 5.74) is 12.5. The minimum Gasteiger partial charge on any atom is -0.480 e. The molecule has 12 nitrogen and oxygen atoms in total. The molecule has 1 aromatic heterocycles. The van der Waals surface area contributed by atoms with Crippen LogP contribution in [0.15, 0.2) is 30.5 Å². The molecule has 0 bridgehead atoms. The Morgan fingerprint density at radius 3 is 2.29 bits per heavy atom. The Labute approximate surface area is 226 Å². The second-order valence-corrected chi connectivity index (χ2v) is 9.56. The summed E-state index contributed by atoms with van der Waals surface area (Å²) in [6, 6.07) is 2.79. The maximum Gasteiger partial charge on any atom is 0.326 e. The molecule has 2 aromatic rings. The van der Waals surface area contributed by atoms with Gasteiger partial charge in [0.05, 0.1) is 6.04 Å².